The quantitative estimate of drug-likeness (QED) is 0.308. The van der Waals surface area contributed by atoms with Crippen molar-refractivity contribution >= 4 is 39.4 Å². The van der Waals surface area contributed by atoms with Crippen LogP contribution in [0.4, 0.5) is 16.0 Å². The van der Waals surface area contributed by atoms with Crippen molar-refractivity contribution < 1.29 is 18.7 Å². The Labute approximate surface area is 176 Å². The highest BCUT2D eigenvalue weighted by molar-refractivity contribution is 7.19. The van der Waals surface area contributed by atoms with E-state index in [4.69, 9.17) is 19.3 Å². The van der Waals surface area contributed by atoms with E-state index < -0.39 is 11.5 Å². The second kappa shape index (κ2) is 9.98. The maximum atomic E-state index is 12.5. The zero-order valence-electron chi connectivity index (χ0n) is 16.5. The van der Waals surface area contributed by atoms with Gasteiger partial charge in [-0.2, -0.15) is 0 Å². The molecular formula is C18H22N6O5S. The number of nitrogens with zero attached hydrogens (tertiary/aromatic N) is 2. The second-order valence-electron chi connectivity index (χ2n) is 6.35. The topological polar surface area (TPSA) is 151 Å². The van der Waals surface area contributed by atoms with Crippen LogP contribution in [0.5, 0.6) is 5.75 Å². The standard InChI is InChI=1S/C18H22N6O5S/c1-10(5-6-19)21-17-23-24-18(30-17)22-15(25)13-9-12(14(27-2)16(26)29-13)20-7-8-28-11-3-4-11/h5-6,9,11,19-20H,3-4,7-8H2,1-2H3,(H,21,23)(H,22,24,25)/b10-5-,19-6?. The average molecular weight is 434 g/mol. The number of aromatic nitrogens is 2. The molecule has 0 atom stereocenters. The van der Waals surface area contributed by atoms with E-state index in [9.17, 15) is 9.59 Å². The van der Waals surface area contributed by atoms with Gasteiger partial charge in [-0.3, -0.25) is 10.1 Å². The van der Waals surface area contributed by atoms with Gasteiger partial charge in [-0.1, -0.05) is 11.3 Å². The maximum absolute atomic E-state index is 12.5. The van der Waals surface area contributed by atoms with E-state index in [-0.39, 0.29) is 16.6 Å². The third-order valence-electron chi connectivity index (χ3n) is 3.91. The monoisotopic (exact) mass is 434 g/mol. The number of hydrogen-bond donors (Lipinski definition) is 4. The second-order valence-corrected chi connectivity index (χ2v) is 7.33. The molecule has 160 valence electrons. The van der Waals surface area contributed by atoms with Crippen molar-refractivity contribution in [3.8, 4) is 5.75 Å². The van der Waals surface area contributed by atoms with Gasteiger partial charge in [0.15, 0.2) is 5.76 Å². The van der Waals surface area contributed by atoms with Gasteiger partial charge in [-0.25, -0.2) is 4.79 Å². The van der Waals surface area contributed by atoms with Crippen LogP contribution in [0.25, 0.3) is 0 Å². The fraction of sp³-hybridized carbons (Fsp3) is 0.389. The molecule has 2 heterocycles. The van der Waals surface area contributed by atoms with Crippen molar-refractivity contribution in [1.82, 2.24) is 10.2 Å². The van der Waals surface area contributed by atoms with Crippen LogP contribution in [0.1, 0.15) is 30.3 Å². The van der Waals surface area contributed by atoms with Gasteiger partial charge in [-0.05, 0) is 25.8 Å². The lowest BCUT2D eigenvalue weighted by atomic mass is 10.3. The molecule has 1 amide bonds. The van der Waals surface area contributed by atoms with Crippen molar-refractivity contribution in [3.63, 3.8) is 0 Å². The number of nitrogens with one attached hydrogen (secondary N) is 4. The first-order valence-electron chi connectivity index (χ1n) is 9.17. The van der Waals surface area contributed by atoms with Crippen LogP contribution >= 0.6 is 11.3 Å². The number of methoxy groups -OCH3 is 1. The summed E-state index contributed by atoms with van der Waals surface area (Å²) in [6.45, 7) is 2.69. The molecule has 0 aliphatic heterocycles. The molecule has 1 aliphatic rings. The normalized spacial score (nSPS) is 13.6. The summed E-state index contributed by atoms with van der Waals surface area (Å²) >= 11 is 1.09. The zero-order chi connectivity index (χ0) is 21.5. The fourth-order valence-electron chi connectivity index (χ4n) is 2.38. The van der Waals surface area contributed by atoms with Gasteiger partial charge in [0.1, 0.15) is 0 Å². The number of allylic oxidation sites excluding steroid dienone is 2. The Kier molecular flexibility index (Phi) is 7.14. The summed E-state index contributed by atoms with van der Waals surface area (Å²) in [7, 11) is 1.35. The van der Waals surface area contributed by atoms with E-state index in [0.717, 1.165) is 30.4 Å². The molecule has 2 aromatic heterocycles. The number of anilines is 3. The fourth-order valence-corrected chi connectivity index (χ4v) is 3.09. The Balaban J connectivity index is 1.67. The molecule has 2 aromatic rings. The van der Waals surface area contributed by atoms with E-state index in [2.05, 4.69) is 26.1 Å². The summed E-state index contributed by atoms with van der Waals surface area (Å²) < 4.78 is 15.7. The first kappa shape index (κ1) is 21.5. The first-order chi connectivity index (χ1) is 14.5. The van der Waals surface area contributed by atoms with Gasteiger partial charge in [0.25, 0.3) is 5.91 Å². The minimum absolute atomic E-state index is 0.0196. The molecule has 4 N–H and O–H groups in total. The molecule has 3 rings (SSSR count). The SMILES string of the molecule is COc1c(NCCOC2CC2)cc(C(=O)Nc2nnc(N/C(C)=C\C=N)s2)oc1=O. The first-order valence-corrected chi connectivity index (χ1v) is 9.98. The van der Waals surface area contributed by atoms with Crippen LogP contribution in [0.2, 0.25) is 0 Å². The van der Waals surface area contributed by atoms with Gasteiger partial charge in [0, 0.05) is 24.5 Å². The Morgan fingerprint density at radius 1 is 1.37 bits per heavy atom. The van der Waals surface area contributed by atoms with E-state index in [1.165, 1.54) is 13.2 Å². The predicted molar refractivity (Wildman–Crippen MR) is 113 cm³/mol. The summed E-state index contributed by atoms with van der Waals surface area (Å²) in [4.78, 5) is 24.7. The Hall–Kier alpha value is -3.25. The van der Waals surface area contributed by atoms with Crippen molar-refractivity contribution in [2.45, 2.75) is 25.9 Å². The lowest BCUT2D eigenvalue weighted by Crippen LogP contribution is -2.18. The molecule has 0 spiro atoms. The molecule has 1 saturated carbocycles. The molecule has 0 radical (unpaired) electrons. The Morgan fingerprint density at radius 2 is 2.10 bits per heavy atom. The Morgan fingerprint density at radius 3 is 2.77 bits per heavy atom. The summed E-state index contributed by atoms with van der Waals surface area (Å²) in [5, 5.41) is 24.0. The van der Waals surface area contributed by atoms with E-state index >= 15 is 0 Å². The van der Waals surface area contributed by atoms with Crippen molar-refractivity contribution in [2.24, 2.45) is 0 Å². The molecule has 12 heteroatoms. The molecular weight excluding hydrogens is 412 g/mol. The van der Waals surface area contributed by atoms with E-state index in [1.54, 1.807) is 13.0 Å². The van der Waals surface area contributed by atoms with Gasteiger partial charge in [-0.15, -0.1) is 10.2 Å². The Bertz CT molecular complexity index is 997. The molecule has 0 aromatic carbocycles. The number of amides is 1. The van der Waals surface area contributed by atoms with Gasteiger partial charge in [0.2, 0.25) is 16.0 Å². The predicted octanol–water partition coefficient (Wildman–Crippen LogP) is 2.31. The van der Waals surface area contributed by atoms with Crippen LogP contribution in [0, 0.1) is 5.41 Å². The van der Waals surface area contributed by atoms with Crippen molar-refractivity contribution in [1.29, 1.82) is 5.41 Å². The third-order valence-corrected chi connectivity index (χ3v) is 4.67. The highest BCUT2D eigenvalue weighted by Gasteiger charge is 2.22. The highest BCUT2D eigenvalue weighted by Crippen LogP contribution is 2.25. The minimum atomic E-state index is -0.775. The van der Waals surface area contributed by atoms with Crippen molar-refractivity contribution in [3.05, 3.63) is 34.0 Å². The number of hydrogen-bond acceptors (Lipinski definition) is 11. The van der Waals surface area contributed by atoms with Crippen LogP contribution in [0.3, 0.4) is 0 Å². The van der Waals surface area contributed by atoms with Crippen molar-refractivity contribution in [2.75, 3.05) is 36.2 Å². The molecule has 11 nitrogen and oxygen atoms in total. The number of carbonyl (C=O) groups is 1. The summed E-state index contributed by atoms with van der Waals surface area (Å²) in [6, 6.07) is 1.39. The van der Waals surface area contributed by atoms with Gasteiger partial charge in [0.05, 0.1) is 25.5 Å². The molecule has 0 bridgehead atoms. The molecule has 1 fully saturated rings. The average Bonchev–Trinajstić information content (AvgIpc) is 3.44. The molecule has 1 aliphatic carbocycles. The van der Waals surface area contributed by atoms with E-state index in [1.807, 2.05) is 0 Å². The zero-order valence-corrected chi connectivity index (χ0v) is 17.3. The summed E-state index contributed by atoms with van der Waals surface area (Å²) in [5.41, 5.74) is 0.259. The molecule has 0 saturated heterocycles. The highest BCUT2D eigenvalue weighted by atomic mass is 32.1. The van der Waals surface area contributed by atoms with E-state index in [0.29, 0.717) is 35.8 Å². The maximum Gasteiger partial charge on any atom is 0.381 e. The third kappa shape index (κ3) is 5.87. The lowest BCUT2D eigenvalue weighted by Gasteiger charge is -2.11. The number of carbonyl (C=O) groups excluding carboxylic acids is 1. The largest absolute Gasteiger partial charge is 0.488 e. The summed E-state index contributed by atoms with van der Waals surface area (Å²) in [5.74, 6) is -0.869. The van der Waals surface area contributed by atoms with Crippen LogP contribution in [-0.2, 0) is 4.74 Å². The lowest BCUT2D eigenvalue weighted by molar-refractivity contribution is 0.0991. The van der Waals surface area contributed by atoms with Crippen LogP contribution < -0.4 is 26.3 Å². The van der Waals surface area contributed by atoms with Crippen LogP contribution in [0.15, 0.2) is 27.1 Å². The molecule has 30 heavy (non-hydrogen) atoms. The number of rotatable bonds is 11. The smallest absolute Gasteiger partial charge is 0.381 e. The van der Waals surface area contributed by atoms with Gasteiger partial charge < -0.3 is 29.9 Å². The minimum Gasteiger partial charge on any atom is -0.488 e. The summed E-state index contributed by atoms with van der Waals surface area (Å²) in [6.07, 6.45) is 5.16. The number of ether oxygens (including phenoxy) is 2. The van der Waals surface area contributed by atoms with Crippen LogP contribution in [-0.4, -0.2) is 48.7 Å². The van der Waals surface area contributed by atoms with Gasteiger partial charge >= 0.3 is 5.63 Å². The molecule has 0 unspecified atom stereocenters.